The van der Waals surface area contributed by atoms with Crippen molar-refractivity contribution in [2.75, 3.05) is 5.75 Å². The van der Waals surface area contributed by atoms with Gasteiger partial charge in [0.2, 0.25) is 0 Å². The summed E-state index contributed by atoms with van der Waals surface area (Å²) in [6.07, 6.45) is 0. The molecule has 0 bridgehead atoms. The van der Waals surface area contributed by atoms with Gasteiger partial charge in [-0.25, -0.2) is 0 Å². The molecule has 1 rings (SSSR count). The number of thioether (sulfide) groups is 1. The van der Waals surface area contributed by atoms with Gasteiger partial charge in [0.1, 0.15) is 0 Å². The van der Waals surface area contributed by atoms with Gasteiger partial charge in [-0.1, -0.05) is 44.5 Å². The lowest BCUT2D eigenvalue weighted by molar-refractivity contribution is 0.776. The fraction of sp³-hybridized carbons (Fsp3) is 0.571. The topological polar surface area (TPSA) is 26.0 Å². The highest BCUT2D eigenvalue weighted by Gasteiger charge is 2.15. The Hall–Kier alpha value is -0.470. The van der Waals surface area contributed by atoms with Crippen LogP contribution in [0.5, 0.6) is 0 Å². The molecule has 1 nitrogen and oxygen atoms in total. The number of rotatable bonds is 3. The average molecular weight is 237 g/mol. The molecule has 0 fully saturated rings. The van der Waals surface area contributed by atoms with Crippen LogP contribution < -0.4 is 5.73 Å². The Balaban J connectivity index is 2.70. The van der Waals surface area contributed by atoms with Gasteiger partial charge in [-0.15, -0.1) is 0 Å². The fourth-order valence-electron chi connectivity index (χ4n) is 1.67. The van der Waals surface area contributed by atoms with Crippen LogP contribution in [0.1, 0.15) is 43.5 Å². The summed E-state index contributed by atoms with van der Waals surface area (Å²) in [6, 6.07) is 6.66. The highest BCUT2D eigenvalue weighted by molar-refractivity contribution is 8.00. The van der Waals surface area contributed by atoms with E-state index in [1.165, 1.54) is 16.7 Å². The molecule has 0 saturated heterocycles. The molecular formula is C14H23NS. The molecule has 1 aromatic rings. The molecule has 1 unspecified atom stereocenters. The summed E-state index contributed by atoms with van der Waals surface area (Å²) in [5, 5.41) is 0. The van der Waals surface area contributed by atoms with Gasteiger partial charge in [-0.3, -0.25) is 0 Å². The minimum Gasteiger partial charge on any atom is -0.323 e. The second kappa shape index (κ2) is 5.24. The molecule has 0 aliphatic heterocycles. The van der Waals surface area contributed by atoms with E-state index < -0.39 is 0 Å². The van der Waals surface area contributed by atoms with Crippen LogP contribution in [0.2, 0.25) is 0 Å². The molecule has 0 saturated carbocycles. The molecular weight excluding hydrogens is 214 g/mol. The molecule has 1 aromatic carbocycles. The lowest BCUT2D eigenvalue weighted by atomic mass is 10.0. The molecule has 90 valence electrons. The van der Waals surface area contributed by atoms with Crippen LogP contribution in [-0.2, 0) is 0 Å². The van der Waals surface area contributed by atoms with Gasteiger partial charge in [0, 0.05) is 16.5 Å². The summed E-state index contributed by atoms with van der Waals surface area (Å²) in [4.78, 5) is 0. The van der Waals surface area contributed by atoms with Gasteiger partial charge in [-0.05, 0) is 25.0 Å². The third kappa shape index (κ3) is 4.18. The molecule has 0 aromatic heterocycles. The molecule has 2 heteroatoms. The van der Waals surface area contributed by atoms with Gasteiger partial charge in [0.15, 0.2) is 0 Å². The lowest BCUT2D eigenvalue weighted by Crippen LogP contribution is -2.18. The molecule has 2 N–H and O–H groups in total. The van der Waals surface area contributed by atoms with Crippen molar-refractivity contribution in [3.8, 4) is 0 Å². The number of hydrogen-bond donors (Lipinski definition) is 1. The number of nitrogens with two attached hydrogens (primary N) is 1. The predicted octanol–water partition coefficient (Wildman–Crippen LogP) is 3.83. The van der Waals surface area contributed by atoms with Crippen molar-refractivity contribution >= 4 is 11.8 Å². The van der Waals surface area contributed by atoms with Crippen LogP contribution in [0.15, 0.2) is 18.2 Å². The molecule has 0 aliphatic rings. The monoisotopic (exact) mass is 237 g/mol. The van der Waals surface area contributed by atoms with Crippen molar-refractivity contribution in [2.45, 2.75) is 45.4 Å². The summed E-state index contributed by atoms with van der Waals surface area (Å²) >= 11 is 1.92. The molecule has 1 atom stereocenters. The zero-order chi connectivity index (χ0) is 12.3. The van der Waals surface area contributed by atoms with Gasteiger partial charge >= 0.3 is 0 Å². The lowest BCUT2D eigenvalue weighted by Gasteiger charge is -2.21. The third-order valence-electron chi connectivity index (χ3n) is 2.52. The summed E-state index contributed by atoms with van der Waals surface area (Å²) in [5.74, 6) is 0.980. The first kappa shape index (κ1) is 13.6. The largest absolute Gasteiger partial charge is 0.323 e. The van der Waals surface area contributed by atoms with Crippen molar-refractivity contribution < 1.29 is 0 Å². The Morgan fingerprint density at radius 2 is 1.88 bits per heavy atom. The zero-order valence-corrected chi connectivity index (χ0v) is 11.8. The standard InChI is InChI=1S/C14H23NS/c1-10-6-7-12(11(2)8-10)13(15)9-16-14(3,4)5/h6-8,13H,9,15H2,1-5H3. The Morgan fingerprint density at radius 1 is 1.25 bits per heavy atom. The normalized spacial score (nSPS) is 13.9. The first-order valence-electron chi connectivity index (χ1n) is 5.76. The maximum absolute atomic E-state index is 6.23. The van der Waals surface area contributed by atoms with Gasteiger partial charge in [0.25, 0.3) is 0 Å². The zero-order valence-electron chi connectivity index (χ0n) is 11.0. The van der Waals surface area contributed by atoms with E-state index in [4.69, 9.17) is 5.73 Å². The Bertz CT molecular complexity index is 352. The second-order valence-electron chi connectivity index (χ2n) is 5.39. The van der Waals surface area contributed by atoms with E-state index in [-0.39, 0.29) is 10.8 Å². The van der Waals surface area contributed by atoms with E-state index in [0.717, 1.165) is 5.75 Å². The summed E-state index contributed by atoms with van der Waals surface area (Å²) < 4.78 is 0.288. The molecule has 0 spiro atoms. The van der Waals surface area contributed by atoms with Crippen molar-refractivity contribution in [3.63, 3.8) is 0 Å². The van der Waals surface area contributed by atoms with Crippen LogP contribution in [0.25, 0.3) is 0 Å². The maximum Gasteiger partial charge on any atom is 0.0389 e. The summed E-state index contributed by atoms with van der Waals surface area (Å²) in [6.45, 7) is 10.9. The third-order valence-corrected chi connectivity index (χ3v) is 3.91. The highest BCUT2D eigenvalue weighted by Crippen LogP contribution is 2.28. The van der Waals surface area contributed by atoms with E-state index in [9.17, 15) is 0 Å². The van der Waals surface area contributed by atoms with Crippen LogP contribution in [-0.4, -0.2) is 10.5 Å². The SMILES string of the molecule is Cc1ccc(C(N)CSC(C)(C)C)c(C)c1. The van der Waals surface area contributed by atoms with Gasteiger partial charge in [-0.2, -0.15) is 11.8 Å². The predicted molar refractivity (Wildman–Crippen MR) is 75.1 cm³/mol. The van der Waals surface area contributed by atoms with E-state index in [0.29, 0.717) is 0 Å². The molecule has 0 heterocycles. The van der Waals surface area contributed by atoms with Crippen molar-refractivity contribution in [1.29, 1.82) is 0 Å². The Labute approximate surface area is 104 Å². The molecule has 0 radical (unpaired) electrons. The van der Waals surface area contributed by atoms with Crippen molar-refractivity contribution in [1.82, 2.24) is 0 Å². The molecule has 0 amide bonds. The van der Waals surface area contributed by atoms with E-state index in [2.05, 4.69) is 52.8 Å². The molecule has 0 aliphatic carbocycles. The average Bonchev–Trinajstić information content (AvgIpc) is 2.13. The van der Waals surface area contributed by atoms with Crippen LogP contribution in [0.3, 0.4) is 0 Å². The first-order chi connectivity index (χ1) is 7.29. The van der Waals surface area contributed by atoms with Crippen LogP contribution >= 0.6 is 11.8 Å². The van der Waals surface area contributed by atoms with Crippen molar-refractivity contribution in [3.05, 3.63) is 34.9 Å². The maximum atomic E-state index is 6.23. The van der Waals surface area contributed by atoms with E-state index in [1.807, 2.05) is 11.8 Å². The van der Waals surface area contributed by atoms with E-state index >= 15 is 0 Å². The quantitative estimate of drug-likeness (QED) is 0.864. The minimum absolute atomic E-state index is 0.143. The van der Waals surface area contributed by atoms with Crippen molar-refractivity contribution in [2.24, 2.45) is 5.73 Å². The highest BCUT2D eigenvalue weighted by atomic mass is 32.2. The second-order valence-corrected chi connectivity index (χ2v) is 7.24. The van der Waals surface area contributed by atoms with Crippen LogP contribution in [0.4, 0.5) is 0 Å². The first-order valence-corrected chi connectivity index (χ1v) is 6.75. The number of hydrogen-bond acceptors (Lipinski definition) is 2. The van der Waals surface area contributed by atoms with E-state index in [1.54, 1.807) is 0 Å². The minimum atomic E-state index is 0.143. The Morgan fingerprint density at radius 3 is 2.38 bits per heavy atom. The smallest absolute Gasteiger partial charge is 0.0389 e. The summed E-state index contributed by atoms with van der Waals surface area (Å²) in [5.41, 5.74) is 10.1. The number of benzene rings is 1. The van der Waals surface area contributed by atoms with Gasteiger partial charge < -0.3 is 5.73 Å². The summed E-state index contributed by atoms with van der Waals surface area (Å²) in [7, 11) is 0. The fourth-order valence-corrected chi connectivity index (χ4v) is 2.53. The number of aryl methyl sites for hydroxylation is 2. The molecule has 16 heavy (non-hydrogen) atoms. The Kier molecular flexibility index (Phi) is 4.45. The van der Waals surface area contributed by atoms with Crippen LogP contribution in [0, 0.1) is 13.8 Å². The van der Waals surface area contributed by atoms with Gasteiger partial charge in [0.05, 0.1) is 0 Å².